The number of piperidine rings is 1. The summed E-state index contributed by atoms with van der Waals surface area (Å²) in [5, 5.41) is 6.61. The van der Waals surface area contributed by atoms with Gasteiger partial charge in [0, 0.05) is 58.1 Å². The molecule has 0 aliphatic carbocycles. The first kappa shape index (κ1) is 20.7. The second kappa shape index (κ2) is 9.47. The number of nitrogens with one attached hydrogen (secondary N) is 2. The highest BCUT2D eigenvalue weighted by atomic mass is 32.1. The van der Waals surface area contributed by atoms with E-state index in [-0.39, 0.29) is 0 Å². The quantitative estimate of drug-likeness (QED) is 0.725. The number of aromatic nitrogens is 2. The van der Waals surface area contributed by atoms with Gasteiger partial charge in [0.2, 0.25) is 5.95 Å². The number of para-hydroxylation sites is 1. The van der Waals surface area contributed by atoms with E-state index in [0.29, 0.717) is 17.0 Å². The second-order valence-electron chi connectivity index (χ2n) is 8.12. The smallest absolute Gasteiger partial charge is 0.232 e. The largest absolute Gasteiger partial charge is 0.368 e. The molecule has 4 rings (SSSR count). The lowest BCUT2D eigenvalue weighted by Crippen LogP contribution is -2.47. The normalized spacial score (nSPS) is 19.5. The van der Waals surface area contributed by atoms with Crippen molar-refractivity contribution in [1.82, 2.24) is 15.3 Å². The van der Waals surface area contributed by atoms with Gasteiger partial charge < -0.3 is 25.3 Å². The molecule has 0 unspecified atom stereocenters. The maximum atomic E-state index is 5.29. The van der Waals surface area contributed by atoms with E-state index in [1.807, 2.05) is 0 Å². The Hall–Kier alpha value is -2.61. The highest BCUT2D eigenvalue weighted by Crippen LogP contribution is 2.27. The van der Waals surface area contributed by atoms with E-state index in [4.69, 9.17) is 22.2 Å². The maximum absolute atomic E-state index is 5.29. The highest BCUT2D eigenvalue weighted by molar-refractivity contribution is 7.80. The van der Waals surface area contributed by atoms with Gasteiger partial charge in [-0.3, -0.25) is 0 Å². The van der Waals surface area contributed by atoms with Crippen molar-refractivity contribution >= 4 is 40.6 Å². The van der Waals surface area contributed by atoms with Crippen LogP contribution in [0.2, 0.25) is 0 Å². The molecule has 2 aliphatic rings. The fraction of sp³-hybridized carbons (Fsp3) is 0.500. The first-order valence-electron chi connectivity index (χ1n) is 10.8. The zero-order valence-electron chi connectivity index (χ0n) is 17.8. The van der Waals surface area contributed by atoms with Gasteiger partial charge in [-0.1, -0.05) is 25.1 Å². The summed E-state index contributed by atoms with van der Waals surface area (Å²) in [5.41, 5.74) is 1.28. The van der Waals surface area contributed by atoms with Crippen LogP contribution in [0.25, 0.3) is 0 Å². The average Bonchev–Trinajstić information content (AvgIpc) is 2.79. The average molecular weight is 426 g/mol. The molecule has 2 aromatic rings. The third-order valence-electron chi connectivity index (χ3n) is 5.86. The van der Waals surface area contributed by atoms with Gasteiger partial charge in [-0.05, 0) is 43.1 Å². The van der Waals surface area contributed by atoms with E-state index < -0.39 is 0 Å². The lowest BCUT2D eigenvalue weighted by molar-refractivity contribution is 0.444. The standard InChI is InChI=1S/C22H31N7S/c1-17-7-6-10-29(16-17)20-15-19(24-21(25-20)26-22(30)23-2)28-13-11-27(12-14-28)18-8-4-3-5-9-18/h3-5,8-9,15,17H,6-7,10-14,16H2,1-2H3,(H2,23,24,25,26,30)/t17-/m0/s1. The Morgan fingerprint density at radius 2 is 1.63 bits per heavy atom. The predicted molar refractivity (Wildman–Crippen MR) is 129 cm³/mol. The summed E-state index contributed by atoms with van der Waals surface area (Å²) < 4.78 is 0. The lowest BCUT2D eigenvalue weighted by atomic mass is 10.0. The summed E-state index contributed by atoms with van der Waals surface area (Å²) in [7, 11) is 1.80. The van der Waals surface area contributed by atoms with E-state index in [2.05, 4.69) is 68.7 Å². The number of thiocarbonyl (C=S) groups is 1. The van der Waals surface area contributed by atoms with E-state index in [0.717, 1.165) is 50.9 Å². The number of benzene rings is 1. The zero-order valence-corrected chi connectivity index (χ0v) is 18.7. The van der Waals surface area contributed by atoms with Gasteiger partial charge in [0.25, 0.3) is 0 Å². The van der Waals surface area contributed by atoms with Crippen molar-refractivity contribution in [2.24, 2.45) is 5.92 Å². The summed E-state index contributed by atoms with van der Waals surface area (Å²) in [6.45, 7) is 8.19. The Kier molecular flexibility index (Phi) is 6.52. The molecule has 1 atom stereocenters. The van der Waals surface area contributed by atoms with E-state index in [9.17, 15) is 0 Å². The molecule has 160 valence electrons. The molecule has 8 heteroatoms. The van der Waals surface area contributed by atoms with Gasteiger partial charge in [-0.25, -0.2) is 0 Å². The minimum absolute atomic E-state index is 0.527. The Labute approximate surface area is 184 Å². The maximum Gasteiger partial charge on any atom is 0.232 e. The topological polar surface area (TPSA) is 59.6 Å². The fourth-order valence-electron chi connectivity index (χ4n) is 4.20. The molecule has 2 aliphatic heterocycles. The summed E-state index contributed by atoms with van der Waals surface area (Å²) in [6.07, 6.45) is 2.48. The van der Waals surface area contributed by atoms with Crippen LogP contribution in [0, 0.1) is 5.92 Å². The van der Waals surface area contributed by atoms with Crippen LogP contribution in [-0.2, 0) is 0 Å². The molecule has 0 bridgehead atoms. The van der Waals surface area contributed by atoms with Crippen molar-refractivity contribution in [3.05, 3.63) is 36.4 Å². The molecule has 1 aromatic heterocycles. The Morgan fingerprint density at radius 1 is 0.967 bits per heavy atom. The summed E-state index contributed by atoms with van der Waals surface area (Å²) in [5.74, 6) is 3.19. The first-order chi connectivity index (χ1) is 14.6. The Balaban J connectivity index is 1.53. The van der Waals surface area contributed by atoms with Crippen LogP contribution in [-0.4, -0.2) is 61.4 Å². The van der Waals surface area contributed by atoms with Gasteiger partial charge >= 0.3 is 0 Å². The summed E-state index contributed by atoms with van der Waals surface area (Å²) >= 11 is 5.29. The van der Waals surface area contributed by atoms with Gasteiger partial charge in [-0.2, -0.15) is 9.97 Å². The summed E-state index contributed by atoms with van der Waals surface area (Å²) in [4.78, 5) is 16.7. The molecule has 2 saturated heterocycles. The molecule has 7 nitrogen and oxygen atoms in total. The molecule has 0 amide bonds. The molecular formula is C22H31N7S. The fourth-order valence-corrected chi connectivity index (χ4v) is 4.29. The molecule has 0 spiro atoms. The molecule has 3 heterocycles. The third kappa shape index (κ3) is 4.92. The highest BCUT2D eigenvalue weighted by Gasteiger charge is 2.23. The van der Waals surface area contributed by atoms with Crippen molar-refractivity contribution in [2.45, 2.75) is 19.8 Å². The monoisotopic (exact) mass is 425 g/mol. The number of rotatable bonds is 4. The van der Waals surface area contributed by atoms with Gasteiger partial charge in [0.1, 0.15) is 11.6 Å². The van der Waals surface area contributed by atoms with Crippen LogP contribution in [0.5, 0.6) is 0 Å². The summed E-state index contributed by atoms with van der Waals surface area (Å²) in [6, 6.07) is 12.8. The van der Waals surface area contributed by atoms with E-state index >= 15 is 0 Å². The molecule has 1 aromatic carbocycles. The van der Waals surface area contributed by atoms with Crippen LogP contribution >= 0.6 is 12.2 Å². The number of hydrogen-bond donors (Lipinski definition) is 2. The van der Waals surface area contributed by atoms with Crippen LogP contribution in [0.3, 0.4) is 0 Å². The minimum atomic E-state index is 0.527. The number of anilines is 4. The Bertz CT molecular complexity index is 852. The molecule has 0 radical (unpaired) electrons. The first-order valence-corrected chi connectivity index (χ1v) is 11.2. The Morgan fingerprint density at radius 3 is 2.30 bits per heavy atom. The molecule has 2 fully saturated rings. The molecule has 0 saturated carbocycles. The van der Waals surface area contributed by atoms with Crippen LogP contribution in [0.15, 0.2) is 36.4 Å². The lowest BCUT2D eigenvalue weighted by Gasteiger charge is -2.37. The second-order valence-corrected chi connectivity index (χ2v) is 8.52. The van der Waals surface area contributed by atoms with Crippen molar-refractivity contribution in [3.8, 4) is 0 Å². The van der Waals surface area contributed by atoms with E-state index in [1.165, 1.54) is 18.5 Å². The van der Waals surface area contributed by atoms with E-state index in [1.54, 1.807) is 7.05 Å². The zero-order chi connectivity index (χ0) is 20.9. The van der Waals surface area contributed by atoms with Crippen molar-refractivity contribution < 1.29 is 0 Å². The number of nitrogens with zero attached hydrogens (tertiary/aromatic N) is 5. The van der Waals surface area contributed by atoms with Crippen LogP contribution in [0.4, 0.5) is 23.3 Å². The minimum Gasteiger partial charge on any atom is -0.368 e. The third-order valence-corrected chi connectivity index (χ3v) is 6.16. The molecule has 2 N–H and O–H groups in total. The number of hydrogen-bond acceptors (Lipinski definition) is 6. The van der Waals surface area contributed by atoms with Crippen molar-refractivity contribution in [1.29, 1.82) is 0 Å². The van der Waals surface area contributed by atoms with Gasteiger partial charge in [0.05, 0.1) is 0 Å². The SMILES string of the molecule is CNC(=S)Nc1nc(N2CCN(c3ccccc3)CC2)cc(N2CCC[C@H](C)C2)n1. The van der Waals surface area contributed by atoms with Crippen molar-refractivity contribution in [2.75, 3.05) is 66.3 Å². The van der Waals surface area contributed by atoms with Crippen LogP contribution < -0.4 is 25.3 Å². The van der Waals surface area contributed by atoms with Crippen molar-refractivity contribution in [3.63, 3.8) is 0 Å². The molecular weight excluding hydrogens is 394 g/mol. The van der Waals surface area contributed by atoms with Crippen LogP contribution in [0.1, 0.15) is 19.8 Å². The molecule has 30 heavy (non-hydrogen) atoms. The predicted octanol–water partition coefficient (Wildman–Crippen LogP) is 2.96. The number of piperazine rings is 1. The van der Waals surface area contributed by atoms with Gasteiger partial charge in [-0.15, -0.1) is 0 Å². The van der Waals surface area contributed by atoms with Gasteiger partial charge in [0.15, 0.2) is 5.11 Å².